The topological polar surface area (TPSA) is 38.3 Å². The molecule has 120 valence electrons. The highest BCUT2D eigenvalue weighted by atomic mass is 35.5. The normalized spacial score (nSPS) is 10.2. The van der Waals surface area contributed by atoms with Gasteiger partial charge < -0.3 is 10.1 Å². The van der Waals surface area contributed by atoms with Crippen molar-refractivity contribution in [2.45, 2.75) is 6.61 Å². The third-order valence-corrected chi connectivity index (χ3v) is 3.82. The Bertz CT molecular complexity index is 817. The summed E-state index contributed by atoms with van der Waals surface area (Å²) in [4.78, 5) is 12.3. The van der Waals surface area contributed by atoms with Gasteiger partial charge in [0.15, 0.2) is 0 Å². The Labute approximate surface area is 145 Å². The van der Waals surface area contributed by atoms with Crippen molar-refractivity contribution in [2.75, 3.05) is 5.32 Å². The zero-order chi connectivity index (χ0) is 16.8. The van der Waals surface area contributed by atoms with Crippen LogP contribution in [0.3, 0.4) is 0 Å². The Morgan fingerprint density at radius 3 is 2.25 bits per heavy atom. The van der Waals surface area contributed by atoms with Gasteiger partial charge in [-0.1, -0.05) is 54.1 Å². The van der Waals surface area contributed by atoms with E-state index < -0.39 is 0 Å². The standard InChI is InChI=1S/C20H16ClNO2/c21-18-8-4-5-9-19(18)22-20(23)16-12-10-15(11-13-16)14-24-17-6-2-1-3-7-17/h1-13H,14H2,(H,22,23). The summed E-state index contributed by atoms with van der Waals surface area (Å²) in [5, 5.41) is 3.31. The average Bonchev–Trinajstić information content (AvgIpc) is 2.63. The molecule has 0 aliphatic rings. The smallest absolute Gasteiger partial charge is 0.255 e. The molecule has 1 N–H and O–H groups in total. The van der Waals surface area contributed by atoms with Crippen LogP contribution in [0.4, 0.5) is 5.69 Å². The van der Waals surface area contributed by atoms with Crippen LogP contribution >= 0.6 is 11.6 Å². The fourth-order valence-corrected chi connectivity index (χ4v) is 2.38. The maximum absolute atomic E-state index is 12.3. The SMILES string of the molecule is O=C(Nc1ccccc1Cl)c1ccc(COc2ccccc2)cc1. The molecule has 0 atom stereocenters. The Hall–Kier alpha value is -2.78. The number of para-hydroxylation sites is 2. The highest BCUT2D eigenvalue weighted by molar-refractivity contribution is 6.33. The van der Waals surface area contributed by atoms with Crippen LogP contribution in [0.15, 0.2) is 78.9 Å². The minimum atomic E-state index is -0.196. The average molecular weight is 338 g/mol. The molecule has 3 rings (SSSR count). The lowest BCUT2D eigenvalue weighted by Gasteiger charge is -2.09. The number of benzene rings is 3. The van der Waals surface area contributed by atoms with Gasteiger partial charge in [0.2, 0.25) is 0 Å². The van der Waals surface area contributed by atoms with Crippen LogP contribution in [-0.2, 0) is 6.61 Å². The van der Waals surface area contributed by atoms with Gasteiger partial charge in [-0.2, -0.15) is 0 Å². The number of ether oxygens (including phenoxy) is 1. The van der Waals surface area contributed by atoms with Gasteiger partial charge in [0.1, 0.15) is 12.4 Å². The predicted octanol–water partition coefficient (Wildman–Crippen LogP) is 5.17. The molecule has 0 aliphatic heterocycles. The third-order valence-electron chi connectivity index (χ3n) is 3.49. The molecule has 0 bridgehead atoms. The van der Waals surface area contributed by atoms with Gasteiger partial charge in [0.05, 0.1) is 10.7 Å². The molecular weight excluding hydrogens is 322 g/mol. The van der Waals surface area contributed by atoms with E-state index in [2.05, 4.69) is 5.32 Å². The number of carbonyl (C=O) groups is 1. The van der Waals surface area contributed by atoms with E-state index in [1.165, 1.54) is 0 Å². The summed E-state index contributed by atoms with van der Waals surface area (Å²) in [6.45, 7) is 0.455. The van der Waals surface area contributed by atoms with E-state index in [0.29, 0.717) is 22.9 Å². The maximum Gasteiger partial charge on any atom is 0.255 e. The van der Waals surface area contributed by atoms with Gasteiger partial charge in [-0.25, -0.2) is 0 Å². The Kier molecular flexibility index (Phi) is 5.14. The summed E-state index contributed by atoms with van der Waals surface area (Å²) in [5.41, 5.74) is 2.16. The summed E-state index contributed by atoms with van der Waals surface area (Å²) in [6.07, 6.45) is 0. The summed E-state index contributed by atoms with van der Waals surface area (Å²) >= 11 is 6.05. The van der Waals surface area contributed by atoms with Gasteiger partial charge in [0.25, 0.3) is 5.91 Å². The van der Waals surface area contributed by atoms with Crippen LogP contribution in [0.2, 0.25) is 5.02 Å². The van der Waals surface area contributed by atoms with E-state index in [9.17, 15) is 4.79 Å². The molecule has 3 nitrogen and oxygen atoms in total. The number of anilines is 1. The van der Waals surface area contributed by atoms with Crippen LogP contribution in [0.25, 0.3) is 0 Å². The molecule has 3 aromatic rings. The molecule has 24 heavy (non-hydrogen) atoms. The van der Waals surface area contributed by atoms with Crippen LogP contribution < -0.4 is 10.1 Å². The number of hydrogen-bond acceptors (Lipinski definition) is 2. The minimum Gasteiger partial charge on any atom is -0.489 e. The number of hydrogen-bond donors (Lipinski definition) is 1. The Balaban J connectivity index is 1.61. The van der Waals surface area contributed by atoms with Gasteiger partial charge in [0, 0.05) is 5.56 Å². The molecule has 0 saturated carbocycles. The number of amides is 1. The number of halogens is 1. The van der Waals surface area contributed by atoms with E-state index in [-0.39, 0.29) is 5.91 Å². The van der Waals surface area contributed by atoms with E-state index in [1.54, 1.807) is 24.3 Å². The molecular formula is C20H16ClNO2. The van der Waals surface area contributed by atoms with Gasteiger partial charge in [-0.3, -0.25) is 4.79 Å². The predicted molar refractivity (Wildman–Crippen MR) is 96.6 cm³/mol. The van der Waals surface area contributed by atoms with E-state index >= 15 is 0 Å². The lowest BCUT2D eigenvalue weighted by molar-refractivity contribution is 0.102. The largest absolute Gasteiger partial charge is 0.489 e. The molecule has 0 fully saturated rings. The minimum absolute atomic E-state index is 0.196. The molecule has 0 unspecified atom stereocenters. The molecule has 0 aromatic heterocycles. The van der Waals surface area contributed by atoms with Crippen molar-refractivity contribution in [1.29, 1.82) is 0 Å². The molecule has 4 heteroatoms. The summed E-state index contributed by atoms with van der Waals surface area (Å²) in [6, 6.07) is 24.1. The zero-order valence-corrected chi connectivity index (χ0v) is 13.7. The van der Waals surface area contributed by atoms with E-state index in [1.807, 2.05) is 54.6 Å². The summed E-state index contributed by atoms with van der Waals surface area (Å²) < 4.78 is 5.69. The fourth-order valence-electron chi connectivity index (χ4n) is 2.19. The molecule has 1 amide bonds. The highest BCUT2D eigenvalue weighted by Crippen LogP contribution is 2.21. The highest BCUT2D eigenvalue weighted by Gasteiger charge is 2.08. The van der Waals surface area contributed by atoms with Crippen LogP contribution in [0.1, 0.15) is 15.9 Å². The molecule has 3 aromatic carbocycles. The lowest BCUT2D eigenvalue weighted by Crippen LogP contribution is -2.12. The first-order valence-corrected chi connectivity index (χ1v) is 7.93. The second kappa shape index (κ2) is 7.66. The summed E-state index contributed by atoms with van der Waals surface area (Å²) in [5.74, 6) is 0.622. The monoisotopic (exact) mass is 337 g/mol. The van der Waals surface area contributed by atoms with Crippen LogP contribution in [-0.4, -0.2) is 5.91 Å². The van der Waals surface area contributed by atoms with Crippen molar-refractivity contribution in [3.63, 3.8) is 0 Å². The first kappa shape index (κ1) is 16.1. The molecule has 0 saturated heterocycles. The van der Waals surface area contributed by atoms with Crippen molar-refractivity contribution >= 4 is 23.2 Å². The maximum atomic E-state index is 12.3. The number of nitrogens with one attached hydrogen (secondary N) is 1. The van der Waals surface area contributed by atoms with Gasteiger partial charge in [-0.05, 0) is 42.0 Å². The molecule has 0 radical (unpaired) electrons. The van der Waals surface area contributed by atoms with Crippen molar-refractivity contribution in [1.82, 2.24) is 0 Å². The van der Waals surface area contributed by atoms with Gasteiger partial charge >= 0.3 is 0 Å². The van der Waals surface area contributed by atoms with Gasteiger partial charge in [-0.15, -0.1) is 0 Å². The third kappa shape index (κ3) is 4.15. The lowest BCUT2D eigenvalue weighted by atomic mass is 10.1. The van der Waals surface area contributed by atoms with E-state index in [4.69, 9.17) is 16.3 Å². The Morgan fingerprint density at radius 1 is 0.875 bits per heavy atom. The first-order valence-electron chi connectivity index (χ1n) is 7.55. The first-order chi connectivity index (χ1) is 11.7. The quantitative estimate of drug-likeness (QED) is 0.697. The summed E-state index contributed by atoms with van der Waals surface area (Å²) in [7, 11) is 0. The van der Waals surface area contributed by atoms with Crippen LogP contribution in [0.5, 0.6) is 5.75 Å². The van der Waals surface area contributed by atoms with E-state index in [0.717, 1.165) is 11.3 Å². The second-order valence-electron chi connectivity index (χ2n) is 5.23. The van der Waals surface area contributed by atoms with Crippen molar-refractivity contribution in [2.24, 2.45) is 0 Å². The van der Waals surface area contributed by atoms with Crippen molar-refractivity contribution in [3.8, 4) is 5.75 Å². The number of rotatable bonds is 5. The number of carbonyl (C=O) groups excluding carboxylic acids is 1. The molecule has 0 spiro atoms. The zero-order valence-electron chi connectivity index (χ0n) is 12.9. The van der Waals surface area contributed by atoms with Crippen molar-refractivity contribution < 1.29 is 9.53 Å². The van der Waals surface area contributed by atoms with Crippen molar-refractivity contribution in [3.05, 3.63) is 95.0 Å². The fraction of sp³-hybridized carbons (Fsp3) is 0.0500. The second-order valence-corrected chi connectivity index (χ2v) is 5.64. The van der Waals surface area contributed by atoms with Crippen LogP contribution in [0, 0.1) is 0 Å². The molecule has 0 aliphatic carbocycles. The molecule has 0 heterocycles. The Morgan fingerprint density at radius 2 is 1.54 bits per heavy atom.